The minimum Gasteiger partial charge on any atom is -0.305 e. The molecule has 2 rings (SSSR count). The lowest BCUT2D eigenvalue weighted by Gasteiger charge is -2.06. The molecule has 2 amide bonds. The summed E-state index contributed by atoms with van der Waals surface area (Å²) in [6.07, 6.45) is 0. The molecule has 0 saturated carbocycles. The van der Waals surface area contributed by atoms with Gasteiger partial charge in [-0.05, 0) is 19.1 Å². The van der Waals surface area contributed by atoms with Gasteiger partial charge in [0.25, 0.3) is 0 Å². The van der Waals surface area contributed by atoms with Crippen molar-refractivity contribution in [3.63, 3.8) is 0 Å². The van der Waals surface area contributed by atoms with Gasteiger partial charge in [0.1, 0.15) is 11.6 Å². The Hall–Kier alpha value is -2.44. The van der Waals surface area contributed by atoms with Crippen molar-refractivity contribution in [2.45, 2.75) is 6.92 Å². The Morgan fingerprint density at radius 3 is 2.58 bits per heavy atom. The fourth-order valence-corrected chi connectivity index (χ4v) is 1.48. The van der Waals surface area contributed by atoms with E-state index in [1.165, 1.54) is 0 Å². The fourth-order valence-electron chi connectivity index (χ4n) is 1.48. The highest BCUT2D eigenvalue weighted by Gasteiger charge is 2.09. The topological polar surface area (TPSA) is 59.0 Å². The zero-order valence-electron chi connectivity index (χ0n) is 10.4. The van der Waals surface area contributed by atoms with Gasteiger partial charge in [-0.3, -0.25) is 10.00 Å². The van der Waals surface area contributed by atoms with Crippen molar-refractivity contribution in [1.29, 1.82) is 0 Å². The standard InChI is InChI=1S/C12H12F2N4O/c1-7-5-11(17-18(7)2)16-12(19)15-10-4-3-8(13)6-9(10)14/h3-6H,1-2H3,(H2,15,16,17,19). The number of halogens is 2. The van der Waals surface area contributed by atoms with E-state index >= 15 is 0 Å². The molecule has 2 aromatic rings. The average molecular weight is 266 g/mol. The molecular formula is C12H12F2N4O. The van der Waals surface area contributed by atoms with Crippen LogP contribution in [-0.2, 0) is 7.05 Å². The molecule has 5 nitrogen and oxygen atoms in total. The second-order valence-corrected chi connectivity index (χ2v) is 4.00. The number of carbonyl (C=O) groups excluding carboxylic acids is 1. The fraction of sp³-hybridized carbons (Fsp3) is 0.167. The smallest absolute Gasteiger partial charge is 0.305 e. The second kappa shape index (κ2) is 5.05. The number of urea groups is 1. The van der Waals surface area contributed by atoms with Gasteiger partial charge in [-0.25, -0.2) is 13.6 Å². The lowest BCUT2D eigenvalue weighted by atomic mass is 10.3. The summed E-state index contributed by atoms with van der Waals surface area (Å²) in [6, 6.07) is 3.92. The molecular weight excluding hydrogens is 254 g/mol. The van der Waals surface area contributed by atoms with Crippen LogP contribution in [0.2, 0.25) is 0 Å². The largest absolute Gasteiger partial charge is 0.324 e. The van der Waals surface area contributed by atoms with Crippen LogP contribution in [0, 0.1) is 18.6 Å². The van der Waals surface area contributed by atoms with Crippen molar-refractivity contribution in [3.8, 4) is 0 Å². The first-order valence-corrected chi connectivity index (χ1v) is 5.49. The number of benzene rings is 1. The van der Waals surface area contributed by atoms with Crippen molar-refractivity contribution in [2.75, 3.05) is 10.6 Å². The van der Waals surface area contributed by atoms with Gasteiger partial charge in [0.15, 0.2) is 5.82 Å². The summed E-state index contributed by atoms with van der Waals surface area (Å²) >= 11 is 0. The highest BCUT2D eigenvalue weighted by atomic mass is 19.1. The summed E-state index contributed by atoms with van der Waals surface area (Å²) in [5.41, 5.74) is 0.759. The predicted octanol–water partition coefficient (Wildman–Crippen LogP) is 2.65. The number of hydrogen-bond donors (Lipinski definition) is 2. The van der Waals surface area contributed by atoms with Crippen LogP contribution < -0.4 is 10.6 Å². The van der Waals surface area contributed by atoms with Gasteiger partial charge in [0.2, 0.25) is 0 Å². The molecule has 0 radical (unpaired) electrons. The highest BCUT2D eigenvalue weighted by molar-refractivity contribution is 5.99. The molecule has 0 aliphatic carbocycles. The van der Waals surface area contributed by atoms with Crippen LogP contribution >= 0.6 is 0 Å². The van der Waals surface area contributed by atoms with E-state index in [9.17, 15) is 13.6 Å². The van der Waals surface area contributed by atoms with E-state index < -0.39 is 17.7 Å². The first-order valence-electron chi connectivity index (χ1n) is 5.49. The molecule has 0 aliphatic rings. The number of hydrogen-bond acceptors (Lipinski definition) is 2. The van der Waals surface area contributed by atoms with Gasteiger partial charge < -0.3 is 5.32 Å². The van der Waals surface area contributed by atoms with E-state index in [4.69, 9.17) is 0 Å². The van der Waals surface area contributed by atoms with Gasteiger partial charge >= 0.3 is 6.03 Å². The summed E-state index contributed by atoms with van der Waals surface area (Å²) in [4.78, 5) is 11.6. The Morgan fingerprint density at radius 2 is 2.00 bits per heavy atom. The van der Waals surface area contributed by atoms with Gasteiger partial charge in [0.05, 0.1) is 5.69 Å². The molecule has 0 bridgehead atoms. The van der Waals surface area contributed by atoms with E-state index in [2.05, 4.69) is 15.7 Å². The zero-order chi connectivity index (χ0) is 14.0. The highest BCUT2D eigenvalue weighted by Crippen LogP contribution is 2.15. The molecule has 2 N–H and O–H groups in total. The zero-order valence-corrected chi connectivity index (χ0v) is 10.4. The number of nitrogens with zero attached hydrogens (tertiary/aromatic N) is 2. The van der Waals surface area contributed by atoms with Crippen molar-refractivity contribution in [1.82, 2.24) is 9.78 Å². The van der Waals surface area contributed by atoms with Gasteiger partial charge in [0, 0.05) is 24.9 Å². The number of anilines is 2. The minimum atomic E-state index is -0.840. The predicted molar refractivity (Wildman–Crippen MR) is 66.9 cm³/mol. The first kappa shape index (κ1) is 13.0. The van der Waals surface area contributed by atoms with Crippen LogP contribution in [0.1, 0.15) is 5.69 Å². The molecule has 0 unspecified atom stereocenters. The maximum atomic E-state index is 13.3. The average Bonchev–Trinajstić information content (AvgIpc) is 2.62. The van der Waals surface area contributed by atoms with Crippen LogP contribution in [0.4, 0.5) is 25.1 Å². The number of aromatic nitrogens is 2. The summed E-state index contributed by atoms with van der Waals surface area (Å²) in [6.45, 7) is 1.83. The van der Waals surface area contributed by atoms with E-state index in [-0.39, 0.29) is 5.69 Å². The Morgan fingerprint density at radius 1 is 1.26 bits per heavy atom. The third-order valence-electron chi connectivity index (χ3n) is 2.53. The Balaban J connectivity index is 2.05. The normalized spacial score (nSPS) is 10.3. The Labute approximate surface area is 108 Å². The number of rotatable bonds is 2. The lowest BCUT2D eigenvalue weighted by Crippen LogP contribution is -2.20. The Kier molecular flexibility index (Phi) is 3.46. The number of nitrogens with one attached hydrogen (secondary N) is 2. The van der Waals surface area contributed by atoms with Crippen molar-refractivity contribution in [2.24, 2.45) is 7.05 Å². The summed E-state index contributed by atoms with van der Waals surface area (Å²) in [5, 5.41) is 8.74. The van der Waals surface area contributed by atoms with E-state index in [0.29, 0.717) is 11.9 Å². The van der Waals surface area contributed by atoms with Crippen molar-refractivity contribution in [3.05, 3.63) is 41.6 Å². The van der Waals surface area contributed by atoms with Crippen LogP contribution in [0.5, 0.6) is 0 Å². The summed E-state index contributed by atoms with van der Waals surface area (Å²) in [7, 11) is 1.73. The van der Waals surface area contributed by atoms with E-state index in [1.807, 2.05) is 6.92 Å². The maximum Gasteiger partial charge on any atom is 0.324 e. The summed E-state index contributed by atoms with van der Waals surface area (Å²) < 4.78 is 27.6. The molecule has 0 spiro atoms. The molecule has 1 aromatic heterocycles. The molecule has 0 saturated heterocycles. The van der Waals surface area contributed by atoms with E-state index in [1.54, 1.807) is 17.8 Å². The maximum absolute atomic E-state index is 13.3. The van der Waals surface area contributed by atoms with Crippen LogP contribution in [-0.4, -0.2) is 15.8 Å². The van der Waals surface area contributed by atoms with Gasteiger partial charge in [-0.2, -0.15) is 5.10 Å². The molecule has 19 heavy (non-hydrogen) atoms. The van der Waals surface area contributed by atoms with Gasteiger partial charge in [-0.1, -0.05) is 0 Å². The number of aryl methyl sites for hydroxylation is 2. The number of carbonyl (C=O) groups is 1. The molecule has 100 valence electrons. The molecule has 1 aromatic carbocycles. The molecule has 0 fully saturated rings. The molecule has 0 atom stereocenters. The SMILES string of the molecule is Cc1cc(NC(=O)Nc2ccc(F)cc2F)nn1C. The third-order valence-corrected chi connectivity index (χ3v) is 2.53. The summed E-state index contributed by atoms with van der Waals surface area (Å²) in [5.74, 6) is -1.20. The molecule has 7 heteroatoms. The molecule has 1 heterocycles. The number of amides is 2. The quantitative estimate of drug-likeness (QED) is 0.877. The van der Waals surface area contributed by atoms with Crippen LogP contribution in [0.15, 0.2) is 24.3 Å². The Bertz CT molecular complexity index is 605. The van der Waals surface area contributed by atoms with Crippen molar-refractivity contribution >= 4 is 17.5 Å². The van der Waals surface area contributed by atoms with Gasteiger partial charge in [-0.15, -0.1) is 0 Å². The monoisotopic (exact) mass is 266 g/mol. The van der Waals surface area contributed by atoms with Crippen LogP contribution in [0.25, 0.3) is 0 Å². The molecule has 0 aliphatic heterocycles. The minimum absolute atomic E-state index is 0.105. The van der Waals surface area contributed by atoms with Crippen LogP contribution in [0.3, 0.4) is 0 Å². The first-order chi connectivity index (χ1) is 8.95. The second-order valence-electron chi connectivity index (χ2n) is 4.00. The van der Waals surface area contributed by atoms with Crippen molar-refractivity contribution < 1.29 is 13.6 Å². The third kappa shape index (κ3) is 3.06. The van der Waals surface area contributed by atoms with E-state index in [0.717, 1.165) is 17.8 Å². The lowest BCUT2D eigenvalue weighted by molar-refractivity contribution is 0.262.